The summed E-state index contributed by atoms with van der Waals surface area (Å²) in [5.74, 6) is -24.4. The van der Waals surface area contributed by atoms with Crippen LogP contribution in [0.3, 0.4) is 0 Å². The van der Waals surface area contributed by atoms with Gasteiger partial charge in [-0.15, -0.1) is 0 Å². The van der Waals surface area contributed by atoms with Crippen LogP contribution in [-0.2, 0) is 14.8 Å². The zero-order valence-corrected chi connectivity index (χ0v) is 16.5. The molecule has 0 aromatic heterocycles. The van der Waals surface area contributed by atoms with Crippen molar-refractivity contribution in [3.63, 3.8) is 0 Å². The van der Waals surface area contributed by atoms with Crippen molar-refractivity contribution >= 4 is 16.0 Å². The Labute approximate surface area is 168 Å². The third kappa shape index (κ3) is 5.88. The summed E-state index contributed by atoms with van der Waals surface area (Å²) in [4.78, 5) is 10.5. The smallest absolute Gasteiger partial charge is 0.460 e. The van der Waals surface area contributed by atoms with Crippen LogP contribution in [0.25, 0.3) is 0 Å². The molecule has 2 N–H and O–H groups in total. The van der Waals surface area contributed by atoms with Gasteiger partial charge < -0.3 is 9.59 Å². The first-order chi connectivity index (χ1) is 13.4. The van der Waals surface area contributed by atoms with Crippen LogP contribution in [0.4, 0.5) is 48.3 Å². The van der Waals surface area contributed by atoms with E-state index in [0.717, 1.165) is 4.72 Å². The van der Waals surface area contributed by atoms with Crippen molar-refractivity contribution in [2.45, 2.75) is 42.0 Å². The molecule has 0 unspecified atom stereocenters. The minimum Gasteiger partial charge on any atom is -0.481 e. The van der Waals surface area contributed by atoms with Crippen LogP contribution in [0, 0.1) is 0 Å². The van der Waals surface area contributed by atoms with E-state index < -0.39 is 58.2 Å². The second-order valence-electron chi connectivity index (χ2n) is 7.02. The Hall–Kier alpha value is -1.43. The average Bonchev–Trinajstić information content (AvgIpc) is 2.55. The van der Waals surface area contributed by atoms with Crippen molar-refractivity contribution in [2.24, 2.45) is 0 Å². The van der Waals surface area contributed by atoms with Gasteiger partial charge in [-0.25, -0.2) is 13.1 Å². The summed E-state index contributed by atoms with van der Waals surface area (Å²) in [6.45, 7) is -1.29. The molecule has 0 heterocycles. The number of carbonyl (C=O) groups is 1. The number of nitrogens with one attached hydrogen (secondary N) is 1. The number of nitrogens with zero attached hydrogens (tertiary/aromatic N) is 1. The monoisotopic (exact) mass is 507 g/mol. The largest absolute Gasteiger partial charge is 0.481 e. The Morgan fingerprint density at radius 1 is 0.839 bits per heavy atom. The fraction of sp³-hybridized carbons (Fsp3) is 0.923. The lowest BCUT2D eigenvalue weighted by Crippen LogP contribution is -2.69. The number of sulfonamides is 1. The number of hydrogen-bond donors (Lipinski definition) is 2. The molecule has 0 rings (SSSR count). The average molecular weight is 507 g/mol. The van der Waals surface area contributed by atoms with E-state index in [0.29, 0.717) is 0 Å². The Balaban J connectivity index is 5.50. The molecule has 0 bridgehead atoms. The number of rotatable bonds is 12. The van der Waals surface area contributed by atoms with E-state index in [4.69, 9.17) is 5.11 Å². The van der Waals surface area contributed by atoms with Gasteiger partial charge in [0, 0.05) is 13.0 Å². The summed E-state index contributed by atoms with van der Waals surface area (Å²) in [6, 6.07) is 0. The Kier molecular flexibility index (Phi) is 8.43. The van der Waals surface area contributed by atoms with Gasteiger partial charge in [-0.2, -0.15) is 48.3 Å². The maximum atomic E-state index is 13.6. The molecule has 0 amide bonds. The van der Waals surface area contributed by atoms with Crippen molar-refractivity contribution in [2.75, 3.05) is 33.7 Å². The Bertz CT molecular complexity index is 751. The quantitative estimate of drug-likeness (QED) is 0.242. The highest BCUT2D eigenvalue weighted by Gasteiger charge is 2.89. The van der Waals surface area contributed by atoms with Gasteiger partial charge in [-0.05, 0) is 0 Å². The first-order valence-electron chi connectivity index (χ1n) is 7.98. The zero-order valence-electron chi connectivity index (χ0n) is 15.7. The third-order valence-electron chi connectivity index (χ3n) is 4.01. The van der Waals surface area contributed by atoms with E-state index >= 15 is 0 Å². The summed E-state index contributed by atoms with van der Waals surface area (Å²) in [5.41, 5.74) is 0. The molecule has 18 heteroatoms. The zero-order chi connectivity index (χ0) is 25.3. The van der Waals surface area contributed by atoms with Gasteiger partial charge >= 0.3 is 35.2 Å². The van der Waals surface area contributed by atoms with Gasteiger partial charge in [0.2, 0.25) is 0 Å². The molecule has 0 aliphatic heterocycles. The minimum absolute atomic E-state index is 0.0327. The molecule has 0 atom stereocenters. The van der Waals surface area contributed by atoms with E-state index in [9.17, 15) is 61.5 Å². The van der Waals surface area contributed by atoms with Crippen molar-refractivity contribution in [3.05, 3.63) is 0 Å². The van der Waals surface area contributed by atoms with E-state index in [1.165, 1.54) is 14.1 Å². The predicted octanol–water partition coefficient (Wildman–Crippen LogP) is 2.91. The number of alkyl halides is 11. The highest BCUT2D eigenvalue weighted by molar-refractivity contribution is 7.90. The summed E-state index contributed by atoms with van der Waals surface area (Å²) in [5, 5.41) is 1.49. The normalized spacial score (nSPS) is 15.3. The molecular formula is C13H18F11N2O4S+. The lowest BCUT2D eigenvalue weighted by molar-refractivity contribution is -0.889. The van der Waals surface area contributed by atoms with Gasteiger partial charge in [0.15, 0.2) is 0 Å². The third-order valence-corrected chi connectivity index (χ3v) is 5.53. The molecule has 0 aromatic carbocycles. The van der Waals surface area contributed by atoms with E-state index in [2.05, 4.69) is 0 Å². The number of aliphatic carboxylic acids is 1. The molecular weight excluding hydrogens is 489 g/mol. The molecule has 0 aliphatic rings. The van der Waals surface area contributed by atoms with Gasteiger partial charge in [-0.1, -0.05) is 0 Å². The van der Waals surface area contributed by atoms with Crippen molar-refractivity contribution in [1.82, 2.24) is 4.72 Å². The van der Waals surface area contributed by atoms with Crippen LogP contribution in [0.5, 0.6) is 0 Å². The SMILES string of the molecule is C[N+](C)(CCCNS(=O)(=O)C(F)(F)C(F)(F)C(F)(F)C(F)(F)C(F)(F)F)CCC(=O)O. The molecule has 0 radical (unpaired) electrons. The van der Waals surface area contributed by atoms with Gasteiger partial charge in [0.1, 0.15) is 0 Å². The number of carboxylic acids is 1. The van der Waals surface area contributed by atoms with Crippen LogP contribution in [0.1, 0.15) is 12.8 Å². The molecule has 186 valence electrons. The van der Waals surface area contributed by atoms with Crippen LogP contribution in [0.2, 0.25) is 0 Å². The molecule has 0 spiro atoms. The maximum absolute atomic E-state index is 13.6. The van der Waals surface area contributed by atoms with E-state index in [1.807, 2.05) is 0 Å². The lowest BCUT2D eigenvalue weighted by Gasteiger charge is -2.36. The van der Waals surface area contributed by atoms with E-state index in [-0.39, 0.29) is 24.0 Å². The summed E-state index contributed by atoms with van der Waals surface area (Å²) in [7, 11) is -4.03. The van der Waals surface area contributed by atoms with Gasteiger partial charge in [-0.3, -0.25) is 4.79 Å². The second kappa shape index (κ2) is 8.84. The fourth-order valence-corrected chi connectivity index (χ4v) is 3.10. The molecule has 0 fully saturated rings. The predicted molar refractivity (Wildman–Crippen MR) is 81.5 cm³/mol. The fourth-order valence-electron chi connectivity index (χ4n) is 2.04. The van der Waals surface area contributed by atoms with Gasteiger partial charge in [0.05, 0.1) is 33.6 Å². The summed E-state index contributed by atoms with van der Waals surface area (Å²) >= 11 is 0. The molecule has 6 nitrogen and oxygen atoms in total. The van der Waals surface area contributed by atoms with E-state index in [1.54, 1.807) is 0 Å². The van der Waals surface area contributed by atoms with Crippen molar-refractivity contribution < 1.29 is 71.1 Å². The molecule has 0 saturated carbocycles. The summed E-state index contributed by atoms with van der Waals surface area (Å²) in [6.07, 6.45) is -8.19. The highest BCUT2D eigenvalue weighted by Crippen LogP contribution is 2.58. The van der Waals surface area contributed by atoms with Crippen LogP contribution in [0.15, 0.2) is 0 Å². The van der Waals surface area contributed by atoms with Crippen LogP contribution < -0.4 is 4.72 Å². The van der Waals surface area contributed by atoms with Crippen LogP contribution in [-0.4, -0.2) is 86.9 Å². The standard InChI is InChI=1S/C13H17F11N2O4S/c1-26(2,7-4-8(27)28)6-3-5-25-31(29,30)13(23,24)11(18,19)9(14,15)10(16,17)12(20,21)22/h25H,3-7H2,1-2H3/p+1. The minimum atomic E-state index is -7.83. The molecule has 0 aromatic rings. The molecule has 0 aliphatic carbocycles. The van der Waals surface area contributed by atoms with Crippen molar-refractivity contribution in [1.29, 1.82) is 0 Å². The highest BCUT2D eigenvalue weighted by atomic mass is 32.2. The Morgan fingerprint density at radius 2 is 1.29 bits per heavy atom. The lowest BCUT2D eigenvalue weighted by atomic mass is 10.0. The number of halogens is 11. The first kappa shape index (κ1) is 29.6. The number of carboxylic acid groups (broad SMARTS) is 1. The van der Waals surface area contributed by atoms with Gasteiger partial charge in [0.25, 0.3) is 10.0 Å². The topological polar surface area (TPSA) is 83.5 Å². The number of quaternary nitrogens is 1. The second-order valence-corrected chi connectivity index (χ2v) is 8.82. The van der Waals surface area contributed by atoms with Crippen molar-refractivity contribution in [3.8, 4) is 0 Å². The Morgan fingerprint density at radius 3 is 1.68 bits per heavy atom. The first-order valence-corrected chi connectivity index (χ1v) is 9.47. The molecule has 0 saturated heterocycles. The summed E-state index contributed by atoms with van der Waals surface area (Å²) < 4.78 is 165. The number of hydrogen-bond acceptors (Lipinski definition) is 3. The van der Waals surface area contributed by atoms with Crippen LogP contribution >= 0.6 is 0 Å². The molecule has 31 heavy (non-hydrogen) atoms. The maximum Gasteiger partial charge on any atom is 0.460 e.